The van der Waals surface area contributed by atoms with Crippen LogP contribution in [-0.2, 0) is 0 Å². The highest BCUT2D eigenvalue weighted by molar-refractivity contribution is 5.93. The van der Waals surface area contributed by atoms with Gasteiger partial charge >= 0.3 is 5.97 Å². The van der Waals surface area contributed by atoms with Gasteiger partial charge in [0.05, 0.1) is 4.92 Å². The number of aliphatic hydroxyl groups is 1. The Morgan fingerprint density at radius 2 is 2.21 bits per heavy atom. The predicted octanol–water partition coefficient (Wildman–Crippen LogP) is 1.87. The standard InChI is InChI=1S/C12H16N2O5/c1-8(3-2-6-15)13-9-4-5-10(12(16)17)11(7-9)14(18)19/h4-5,7-8,13,15H,2-3,6H2,1H3,(H,16,17). The van der Waals surface area contributed by atoms with Gasteiger partial charge in [0.25, 0.3) is 5.69 Å². The monoisotopic (exact) mass is 268 g/mol. The third-order valence-electron chi connectivity index (χ3n) is 2.63. The highest BCUT2D eigenvalue weighted by Crippen LogP contribution is 2.24. The molecule has 1 unspecified atom stereocenters. The van der Waals surface area contributed by atoms with Crippen molar-refractivity contribution < 1.29 is 19.9 Å². The Morgan fingerprint density at radius 1 is 1.53 bits per heavy atom. The molecular weight excluding hydrogens is 252 g/mol. The van der Waals surface area contributed by atoms with E-state index in [4.69, 9.17) is 10.2 Å². The van der Waals surface area contributed by atoms with Crippen LogP contribution in [0, 0.1) is 10.1 Å². The fourth-order valence-electron chi connectivity index (χ4n) is 1.71. The van der Waals surface area contributed by atoms with E-state index in [1.807, 2.05) is 6.92 Å². The maximum absolute atomic E-state index is 10.8. The van der Waals surface area contributed by atoms with E-state index in [1.165, 1.54) is 18.2 Å². The highest BCUT2D eigenvalue weighted by Gasteiger charge is 2.20. The fourth-order valence-corrected chi connectivity index (χ4v) is 1.71. The molecule has 0 bridgehead atoms. The topological polar surface area (TPSA) is 113 Å². The van der Waals surface area contributed by atoms with Crippen LogP contribution in [0.2, 0.25) is 0 Å². The van der Waals surface area contributed by atoms with Gasteiger partial charge in [-0.1, -0.05) is 0 Å². The quantitative estimate of drug-likeness (QED) is 0.514. The van der Waals surface area contributed by atoms with E-state index in [9.17, 15) is 14.9 Å². The summed E-state index contributed by atoms with van der Waals surface area (Å²) in [7, 11) is 0. The molecule has 1 aromatic rings. The molecular formula is C12H16N2O5. The van der Waals surface area contributed by atoms with Crippen LogP contribution in [0.4, 0.5) is 11.4 Å². The summed E-state index contributed by atoms with van der Waals surface area (Å²) < 4.78 is 0. The molecule has 0 spiro atoms. The van der Waals surface area contributed by atoms with Gasteiger partial charge in [-0.15, -0.1) is 0 Å². The maximum atomic E-state index is 10.8. The summed E-state index contributed by atoms with van der Waals surface area (Å²) in [6, 6.07) is 3.94. The molecule has 7 nitrogen and oxygen atoms in total. The molecule has 0 saturated heterocycles. The predicted molar refractivity (Wildman–Crippen MR) is 69.5 cm³/mol. The second kappa shape index (κ2) is 6.69. The largest absolute Gasteiger partial charge is 0.477 e. The number of benzene rings is 1. The Hall–Kier alpha value is -2.15. The molecule has 0 fully saturated rings. The minimum Gasteiger partial charge on any atom is -0.477 e. The summed E-state index contributed by atoms with van der Waals surface area (Å²) in [6.45, 7) is 1.97. The van der Waals surface area contributed by atoms with Crippen LogP contribution in [0.3, 0.4) is 0 Å². The minimum absolute atomic E-state index is 0.0300. The van der Waals surface area contributed by atoms with Gasteiger partial charge in [-0.2, -0.15) is 0 Å². The first kappa shape index (κ1) is 14.9. The zero-order valence-electron chi connectivity index (χ0n) is 10.5. The van der Waals surface area contributed by atoms with E-state index < -0.39 is 16.6 Å². The maximum Gasteiger partial charge on any atom is 0.342 e. The molecule has 0 aliphatic carbocycles. The number of hydrogen-bond acceptors (Lipinski definition) is 5. The van der Waals surface area contributed by atoms with Gasteiger partial charge in [-0.3, -0.25) is 10.1 Å². The number of nitro benzene ring substituents is 1. The van der Waals surface area contributed by atoms with Crippen molar-refractivity contribution in [3.8, 4) is 0 Å². The smallest absolute Gasteiger partial charge is 0.342 e. The molecule has 0 radical (unpaired) electrons. The van der Waals surface area contributed by atoms with E-state index >= 15 is 0 Å². The van der Waals surface area contributed by atoms with E-state index in [2.05, 4.69) is 5.32 Å². The number of aliphatic hydroxyl groups excluding tert-OH is 1. The van der Waals surface area contributed by atoms with E-state index in [1.54, 1.807) is 0 Å². The lowest BCUT2D eigenvalue weighted by molar-refractivity contribution is -0.385. The molecule has 0 aliphatic heterocycles. The Labute approximate surface area is 110 Å². The van der Waals surface area contributed by atoms with Crippen LogP contribution in [0.1, 0.15) is 30.1 Å². The molecule has 1 atom stereocenters. The number of carbonyl (C=O) groups is 1. The number of carboxylic acid groups (broad SMARTS) is 1. The SMILES string of the molecule is CC(CCCO)Nc1ccc(C(=O)O)c([N+](=O)[O-])c1. The molecule has 0 amide bonds. The fraction of sp³-hybridized carbons (Fsp3) is 0.417. The van der Waals surface area contributed by atoms with E-state index in [0.717, 1.165) is 0 Å². The second-order valence-corrected chi connectivity index (χ2v) is 4.21. The number of nitrogens with zero attached hydrogens (tertiary/aromatic N) is 1. The molecule has 0 aliphatic rings. The van der Waals surface area contributed by atoms with Crippen molar-refractivity contribution in [1.82, 2.24) is 0 Å². The first-order valence-corrected chi connectivity index (χ1v) is 5.85. The molecule has 0 aromatic heterocycles. The number of rotatable bonds is 7. The Balaban J connectivity index is 2.90. The molecule has 104 valence electrons. The van der Waals surface area contributed by atoms with Crippen LogP contribution < -0.4 is 5.32 Å². The van der Waals surface area contributed by atoms with Crippen LogP contribution in [-0.4, -0.2) is 33.8 Å². The second-order valence-electron chi connectivity index (χ2n) is 4.21. The van der Waals surface area contributed by atoms with E-state index in [0.29, 0.717) is 18.5 Å². The van der Waals surface area contributed by atoms with Gasteiger partial charge in [-0.05, 0) is 31.9 Å². The van der Waals surface area contributed by atoms with Crippen molar-refractivity contribution in [1.29, 1.82) is 0 Å². The third kappa shape index (κ3) is 4.22. The van der Waals surface area contributed by atoms with Crippen LogP contribution in [0.15, 0.2) is 18.2 Å². The van der Waals surface area contributed by atoms with E-state index in [-0.39, 0.29) is 18.2 Å². The van der Waals surface area contributed by atoms with Gasteiger partial charge in [0, 0.05) is 24.4 Å². The normalized spacial score (nSPS) is 11.9. The summed E-state index contributed by atoms with van der Waals surface area (Å²) in [5.41, 5.74) is -0.285. The zero-order chi connectivity index (χ0) is 14.4. The third-order valence-corrected chi connectivity index (χ3v) is 2.63. The summed E-state index contributed by atoms with van der Waals surface area (Å²) >= 11 is 0. The summed E-state index contributed by atoms with van der Waals surface area (Å²) in [6.07, 6.45) is 1.34. The number of anilines is 1. The van der Waals surface area contributed by atoms with Crippen LogP contribution in [0.25, 0.3) is 0 Å². The summed E-state index contributed by atoms with van der Waals surface area (Å²) in [5.74, 6) is -1.33. The Kier molecular flexibility index (Phi) is 5.25. The number of nitro groups is 1. The first-order chi connectivity index (χ1) is 8.95. The average Bonchev–Trinajstić information content (AvgIpc) is 2.35. The molecule has 1 aromatic carbocycles. The molecule has 0 saturated carbocycles. The number of hydrogen-bond donors (Lipinski definition) is 3. The average molecular weight is 268 g/mol. The van der Waals surface area contributed by atoms with Crippen molar-refractivity contribution in [2.75, 3.05) is 11.9 Å². The first-order valence-electron chi connectivity index (χ1n) is 5.85. The summed E-state index contributed by atoms with van der Waals surface area (Å²) in [5, 5.41) is 31.4. The molecule has 1 rings (SSSR count). The number of nitrogens with one attached hydrogen (secondary N) is 1. The van der Waals surface area contributed by atoms with Gasteiger partial charge in [-0.25, -0.2) is 4.79 Å². The lowest BCUT2D eigenvalue weighted by Crippen LogP contribution is -2.16. The molecule has 0 heterocycles. The minimum atomic E-state index is -1.33. The lowest BCUT2D eigenvalue weighted by atomic mass is 10.1. The Bertz CT molecular complexity index is 475. The zero-order valence-corrected chi connectivity index (χ0v) is 10.5. The van der Waals surface area contributed by atoms with Crippen molar-refractivity contribution >= 4 is 17.3 Å². The molecule has 19 heavy (non-hydrogen) atoms. The van der Waals surface area contributed by atoms with Gasteiger partial charge < -0.3 is 15.5 Å². The molecule has 3 N–H and O–H groups in total. The highest BCUT2D eigenvalue weighted by atomic mass is 16.6. The van der Waals surface area contributed by atoms with Gasteiger partial charge in [0.1, 0.15) is 5.56 Å². The Morgan fingerprint density at radius 3 is 2.74 bits per heavy atom. The van der Waals surface area contributed by atoms with Crippen molar-refractivity contribution in [3.63, 3.8) is 0 Å². The van der Waals surface area contributed by atoms with Crippen molar-refractivity contribution in [2.45, 2.75) is 25.8 Å². The number of aromatic carboxylic acids is 1. The van der Waals surface area contributed by atoms with Crippen LogP contribution >= 0.6 is 0 Å². The summed E-state index contributed by atoms with van der Waals surface area (Å²) in [4.78, 5) is 21.0. The van der Waals surface area contributed by atoms with Crippen LogP contribution in [0.5, 0.6) is 0 Å². The van der Waals surface area contributed by atoms with Crippen molar-refractivity contribution in [2.24, 2.45) is 0 Å². The van der Waals surface area contributed by atoms with Crippen molar-refractivity contribution in [3.05, 3.63) is 33.9 Å². The lowest BCUT2D eigenvalue weighted by Gasteiger charge is -2.14. The van der Waals surface area contributed by atoms with Gasteiger partial charge in [0.15, 0.2) is 0 Å². The van der Waals surface area contributed by atoms with Gasteiger partial charge in [0.2, 0.25) is 0 Å². The molecule has 7 heteroatoms. The number of carboxylic acids is 1.